The van der Waals surface area contributed by atoms with E-state index >= 15 is 0 Å². The monoisotopic (exact) mass is 376 g/mol. The lowest BCUT2D eigenvalue weighted by Gasteiger charge is -2.09. The molecule has 0 aliphatic carbocycles. The first-order chi connectivity index (χ1) is 11.2. The van der Waals surface area contributed by atoms with Crippen molar-refractivity contribution in [1.82, 2.24) is 0 Å². The van der Waals surface area contributed by atoms with Gasteiger partial charge in [-0.25, -0.2) is 0 Å². The van der Waals surface area contributed by atoms with Crippen molar-refractivity contribution in [3.8, 4) is 0 Å². The zero-order valence-corrected chi connectivity index (χ0v) is 13.3. The summed E-state index contributed by atoms with van der Waals surface area (Å²) in [7, 11) is 0. The van der Waals surface area contributed by atoms with Crippen LogP contribution in [0.1, 0.15) is 5.56 Å². The lowest BCUT2D eigenvalue weighted by Crippen LogP contribution is -2.29. The highest BCUT2D eigenvalue weighted by molar-refractivity contribution is 6.44. The normalized spacial score (nSPS) is 11.0. The number of nitrogens with one attached hydrogen (secondary N) is 2. The van der Waals surface area contributed by atoms with Gasteiger partial charge in [-0.15, -0.1) is 0 Å². The Morgan fingerprint density at radius 3 is 1.79 bits per heavy atom. The van der Waals surface area contributed by atoms with Gasteiger partial charge in [0.25, 0.3) is 0 Å². The van der Waals surface area contributed by atoms with Crippen LogP contribution in [0, 0.1) is 0 Å². The van der Waals surface area contributed by atoms with Gasteiger partial charge >= 0.3 is 18.0 Å². The van der Waals surface area contributed by atoms with E-state index in [-0.39, 0.29) is 21.4 Å². The Morgan fingerprint density at radius 1 is 0.792 bits per heavy atom. The fourth-order valence-corrected chi connectivity index (χ4v) is 1.99. The molecule has 2 amide bonds. The Hall–Kier alpha value is -2.25. The van der Waals surface area contributed by atoms with Crippen LogP contribution in [-0.2, 0) is 15.8 Å². The summed E-state index contributed by atoms with van der Waals surface area (Å²) in [5, 5.41) is 4.95. The molecule has 0 saturated heterocycles. The smallest absolute Gasteiger partial charge is 0.318 e. The summed E-state index contributed by atoms with van der Waals surface area (Å²) in [6, 6.07) is 7.93. The molecule has 0 spiro atoms. The lowest BCUT2D eigenvalue weighted by molar-refractivity contribution is -0.137. The fraction of sp³-hybridized carbons (Fsp3) is 0.0667. The van der Waals surface area contributed by atoms with Gasteiger partial charge in [0.15, 0.2) is 0 Å². The maximum atomic E-state index is 12.4. The van der Waals surface area contributed by atoms with Gasteiger partial charge in [0.1, 0.15) is 0 Å². The summed E-state index contributed by atoms with van der Waals surface area (Å²) >= 11 is 11.5. The van der Waals surface area contributed by atoms with Crippen molar-refractivity contribution >= 4 is 46.4 Å². The number of alkyl halides is 3. The van der Waals surface area contributed by atoms with Crippen molar-refractivity contribution in [2.75, 3.05) is 10.6 Å². The average Bonchev–Trinajstić information content (AvgIpc) is 2.50. The molecular formula is C15H9Cl2F3N2O2. The van der Waals surface area contributed by atoms with Crippen molar-refractivity contribution in [2.24, 2.45) is 0 Å². The van der Waals surface area contributed by atoms with E-state index in [4.69, 9.17) is 23.2 Å². The summed E-state index contributed by atoms with van der Waals surface area (Å²) in [6.45, 7) is 0. The Balaban J connectivity index is 2.01. The minimum atomic E-state index is -4.48. The first kappa shape index (κ1) is 18.1. The first-order valence-corrected chi connectivity index (χ1v) is 7.17. The van der Waals surface area contributed by atoms with Crippen molar-refractivity contribution in [3.63, 3.8) is 0 Å². The second-order valence-electron chi connectivity index (χ2n) is 4.61. The molecule has 0 radical (unpaired) electrons. The van der Waals surface area contributed by atoms with Crippen LogP contribution in [0.5, 0.6) is 0 Å². The highest BCUT2D eigenvalue weighted by atomic mass is 35.5. The predicted octanol–water partition coefficient (Wildman–Crippen LogP) is 4.59. The molecule has 2 N–H and O–H groups in total. The molecule has 0 unspecified atom stereocenters. The van der Waals surface area contributed by atoms with E-state index in [9.17, 15) is 22.8 Å². The van der Waals surface area contributed by atoms with Gasteiger partial charge in [0, 0.05) is 11.4 Å². The predicted molar refractivity (Wildman–Crippen MR) is 85.2 cm³/mol. The van der Waals surface area contributed by atoms with Crippen LogP contribution in [0.2, 0.25) is 10.0 Å². The zero-order valence-electron chi connectivity index (χ0n) is 11.7. The third-order valence-corrected chi connectivity index (χ3v) is 3.59. The largest absolute Gasteiger partial charge is 0.416 e. The summed E-state index contributed by atoms with van der Waals surface area (Å²) in [4.78, 5) is 23.5. The summed E-state index contributed by atoms with van der Waals surface area (Å²) in [5.41, 5.74) is -0.560. The minimum Gasteiger partial charge on any atom is -0.318 e. The molecule has 0 fully saturated rings. The number of amides is 2. The van der Waals surface area contributed by atoms with Crippen molar-refractivity contribution in [2.45, 2.75) is 6.18 Å². The van der Waals surface area contributed by atoms with Gasteiger partial charge in [-0.05, 0) is 42.5 Å². The topological polar surface area (TPSA) is 58.2 Å². The Morgan fingerprint density at radius 2 is 1.29 bits per heavy atom. The number of rotatable bonds is 2. The van der Waals surface area contributed by atoms with Crippen LogP contribution in [0.25, 0.3) is 0 Å². The average molecular weight is 377 g/mol. The van der Waals surface area contributed by atoms with Crippen molar-refractivity contribution in [3.05, 3.63) is 58.1 Å². The number of halogens is 5. The second kappa shape index (κ2) is 7.11. The summed E-state index contributed by atoms with van der Waals surface area (Å²) in [6.07, 6.45) is -4.48. The van der Waals surface area contributed by atoms with Crippen molar-refractivity contribution < 1.29 is 22.8 Å². The Bertz CT molecular complexity index is 777. The zero-order chi connectivity index (χ0) is 17.9. The number of hydrogen-bond acceptors (Lipinski definition) is 2. The van der Waals surface area contributed by atoms with E-state index in [1.807, 2.05) is 0 Å². The van der Waals surface area contributed by atoms with E-state index in [0.29, 0.717) is 0 Å². The van der Waals surface area contributed by atoms with Crippen LogP contribution in [-0.4, -0.2) is 11.8 Å². The van der Waals surface area contributed by atoms with E-state index in [1.165, 1.54) is 18.2 Å². The number of hydrogen-bond donors (Lipinski definition) is 2. The van der Waals surface area contributed by atoms with E-state index in [0.717, 1.165) is 24.3 Å². The van der Waals surface area contributed by atoms with E-state index < -0.39 is 23.6 Å². The first-order valence-electron chi connectivity index (χ1n) is 6.41. The Kier molecular flexibility index (Phi) is 5.36. The van der Waals surface area contributed by atoms with Gasteiger partial charge in [-0.2, -0.15) is 13.2 Å². The number of carbonyl (C=O) groups excluding carboxylic acids is 2. The highest BCUT2D eigenvalue weighted by Gasteiger charge is 2.30. The fourth-order valence-electron chi connectivity index (χ4n) is 1.69. The number of benzene rings is 2. The van der Waals surface area contributed by atoms with Gasteiger partial charge < -0.3 is 10.6 Å². The molecule has 0 aromatic heterocycles. The van der Waals surface area contributed by atoms with Crippen LogP contribution in [0.3, 0.4) is 0 Å². The SMILES string of the molecule is O=C(Nc1ccc(C(F)(F)F)cc1)C(=O)Nc1ccc(Cl)c(Cl)c1. The third kappa shape index (κ3) is 4.62. The molecule has 0 heterocycles. The molecule has 24 heavy (non-hydrogen) atoms. The molecule has 2 aromatic carbocycles. The lowest BCUT2D eigenvalue weighted by atomic mass is 10.2. The van der Waals surface area contributed by atoms with Gasteiger partial charge in [0.05, 0.1) is 15.6 Å². The van der Waals surface area contributed by atoms with Crippen LogP contribution in [0.4, 0.5) is 24.5 Å². The van der Waals surface area contributed by atoms with Gasteiger partial charge in [-0.3, -0.25) is 9.59 Å². The molecule has 0 bridgehead atoms. The third-order valence-electron chi connectivity index (χ3n) is 2.85. The molecule has 2 aromatic rings. The summed E-state index contributed by atoms with van der Waals surface area (Å²) < 4.78 is 37.3. The van der Waals surface area contributed by atoms with Gasteiger partial charge in [0.2, 0.25) is 0 Å². The minimum absolute atomic E-state index is 0.0530. The molecular weight excluding hydrogens is 368 g/mol. The molecule has 2 rings (SSSR count). The maximum Gasteiger partial charge on any atom is 0.416 e. The van der Waals surface area contributed by atoms with E-state index in [1.54, 1.807) is 0 Å². The molecule has 0 aliphatic heterocycles. The number of carbonyl (C=O) groups is 2. The Labute approximate surface area is 144 Å². The quantitative estimate of drug-likeness (QED) is 0.753. The van der Waals surface area contributed by atoms with E-state index in [2.05, 4.69) is 10.6 Å². The van der Waals surface area contributed by atoms with Crippen molar-refractivity contribution in [1.29, 1.82) is 0 Å². The molecule has 0 atom stereocenters. The van der Waals surface area contributed by atoms with Gasteiger partial charge in [-0.1, -0.05) is 23.2 Å². The summed E-state index contributed by atoms with van der Waals surface area (Å²) in [5.74, 6) is -2.05. The molecule has 0 saturated carbocycles. The van der Waals surface area contributed by atoms with Crippen LogP contribution >= 0.6 is 23.2 Å². The molecule has 126 valence electrons. The number of anilines is 2. The van der Waals surface area contributed by atoms with Crippen LogP contribution in [0.15, 0.2) is 42.5 Å². The highest BCUT2D eigenvalue weighted by Crippen LogP contribution is 2.29. The molecule has 9 heteroatoms. The second-order valence-corrected chi connectivity index (χ2v) is 5.43. The maximum absolute atomic E-state index is 12.4. The molecule has 4 nitrogen and oxygen atoms in total. The van der Waals surface area contributed by atoms with Crippen LogP contribution < -0.4 is 10.6 Å². The molecule has 0 aliphatic rings. The standard InChI is InChI=1S/C15H9Cl2F3N2O2/c16-11-6-5-10(7-12(11)17)22-14(24)13(23)21-9-3-1-8(2-4-9)15(18,19)20/h1-7H,(H,21,23)(H,22,24).